The van der Waals surface area contributed by atoms with Crippen LogP contribution in [0.4, 0.5) is 0 Å². The van der Waals surface area contributed by atoms with Crippen LogP contribution in [-0.4, -0.2) is 80.0 Å². The van der Waals surface area contributed by atoms with Crippen molar-refractivity contribution in [3.8, 4) is 0 Å². The highest BCUT2D eigenvalue weighted by molar-refractivity contribution is 5.79. The van der Waals surface area contributed by atoms with Crippen molar-refractivity contribution in [2.45, 2.75) is 51.2 Å². The zero-order chi connectivity index (χ0) is 20.6. The number of piperidine rings is 1. The molecule has 3 rings (SSSR count). The van der Waals surface area contributed by atoms with Crippen LogP contribution in [0, 0.1) is 0 Å². The summed E-state index contributed by atoms with van der Waals surface area (Å²) < 4.78 is 11.1. The molecule has 1 saturated heterocycles. The number of nitrogens with zero attached hydrogens (tertiary/aromatic N) is 2. The number of β-amino-alcohol motifs (C(OH)–C–C–N with tert-alkyl or cyclic N) is 1. The number of methoxy groups -OCH3 is 1. The number of fused-ring (bicyclic) bond motifs is 1. The van der Waals surface area contributed by atoms with Crippen LogP contribution in [0.1, 0.15) is 48.9 Å². The van der Waals surface area contributed by atoms with Crippen LogP contribution in [0.25, 0.3) is 0 Å². The third-order valence-electron chi connectivity index (χ3n) is 6.05. The second-order valence-corrected chi connectivity index (χ2v) is 8.19. The molecule has 6 heteroatoms. The lowest BCUT2D eigenvalue weighted by atomic mass is 9.90. The van der Waals surface area contributed by atoms with E-state index in [0.717, 1.165) is 45.2 Å². The summed E-state index contributed by atoms with van der Waals surface area (Å²) in [6.07, 6.45) is 4.18. The lowest BCUT2D eigenvalue weighted by molar-refractivity contribution is -0.137. The number of aliphatic hydroxyl groups excluding tert-OH is 1. The topological polar surface area (TPSA) is 62.2 Å². The standard InChI is InChI=1S/C23H36N2O4/c1-3-18-7-8-19-9-11-25(23(27)16-24-10-4-6-20(26)15-24)22(21(19)14-18)17-29-13-5-12-28-2/h7-8,14,20,22,26H,3-6,9-13,15-17H2,1-2H3/t20-,22?/m0/s1. The SMILES string of the molecule is CCc1ccc2c(c1)C(COCCCOC)N(C(=O)CN1CCC[C@H](O)C1)CC2. The van der Waals surface area contributed by atoms with Crippen molar-refractivity contribution in [3.05, 3.63) is 34.9 Å². The van der Waals surface area contributed by atoms with Gasteiger partial charge in [-0.2, -0.15) is 0 Å². The van der Waals surface area contributed by atoms with E-state index in [0.29, 0.717) is 32.9 Å². The second-order valence-electron chi connectivity index (χ2n) is 8.19. The van der Waals surface area contributed by atoms with Gasteiger partial charge in [0, 0.05) is 33.4 Å². The van der Waals surface area contributed by atoms with Crippen molar-refractivity contribution >= 4 is 5.91 Å². The molecule has 0 bridgehead atoms. The molecule has 162 valence electrons. The molecule has 1 fully saturated rings. The maximum Gasteiger partial charge on any atom is 0.237 e. The minimum absolute atomic E-state index is 0.0463. The number of hydrogen-bond acceptors (Lipinski definition) is 5. The quantitative estimate of drug-likeness (QED) is 0.640. The van der Waals surface area contributed by atoms with E-state index >= 15 is 0 Å². The maximum atomic E-state index is 13.2. The molecule has 2 heterocycles. The highest BCUT2D eigenvalue weighted by Crippen LogP contribution is 2.31. The van der Waals surface area contributed by atoms with E-state index in [4.69, 9.17) is 9.47 Å². The van der Waals surface area contributed by atoms with Gasteiger partial charge in [-0.3, -0.25) is 9.69 Å². The molecule has 0 saturated carbocycles. The number of carbonyl (C=O) groups excluding carboxylic acids is 1. The van der Waals surface area contributed by atoms with Crippen molar-refractivity contribution in [1.82, 2.24) is 9.80 Å². The summed E-state index contributed by atoms with van der Waals surface area (Å²) in [6.45, 7) is 6.55. The van der Waals surface area contributed by atoms with E-state index in [1.54, 1.807) is 7.11 Å². The molecule has 0 radical (unpaired) electrons. The number of aliphatic hydroxyl groups is 1. The smallest absolute Gasteiger partial charge is 0.237 e. The first-order chi connectivity index (χ1) is 14.1. The number of benzene rings is 1. The Morgan fingerprint density at radius 1 is 1.28 bits per heavy atom. The molecule has 0 aliphatic carbocycles. The van der Waals surface area contributed by atoms with Gasteiger partial charge >= 0.3 is 0 Å². The van der Waals surface area contributed by atoms with E-state index in [-0.39, 0.29) is 18.1 Å². The normalized spacial score (nSPS) is 22.5. The first kappa shape index (κ1) is 22.2. The summed E-state index contributed by atoms with van der Waals surface area (Å²) in [6, 6.07) is 6.62. The largest absolute Gasteiger partial charge is 0.392 e. The molecule has 1 aromatic rings. The highest BCUT2D eigenvalue weighted by Gasteiger charge is 2.32. The molecule has 29 heavy (non-hydrogen) atoms. The summed E-state index contributed by atoms with van der Waals surface area (Å²) in [5, 5.41) is 9.93. The predicted octanol–water partition coefficient (Wildman–Crippen LogP) is 2.18. The Balaban J connectivity index is 1.71. The van der Waals surface area contributed by atoms with Gasteiger partial charge in [0.05, 0.1) is 25.3 Å². The van der Waals surface area contributed by atoms with E-state index in [1.807, 2.05) is 4.90 Å². The zero-order valence-corrected chi connectivity index (χ0v) is 17.9. The van der Waals surface area contributed by atoms with Crippen LogP contribution in [0.3, 0.4) is 0 Å². The number of carbonyl (C=O) groups is 1. The molecule has 1 unspecified atom stereocenters. The Kier molecular flexibility index (Phi) is 8.48. The third kappa shape index (κ3) is 6.01. The zero-order valence-electron chi connectivity index (χ0n) is 17.9. The molecule has 0 spiro atoms. The minimum atomic E-state index is -0.314. The highest BCUT2D eigenvalue weighted by atomic mass is 16.5. The lowest BCUT2D eigenvalue weighted by Crippen LogP contribution is -2.49. The average molecular weight is 405 g/mol. The Hall–Kier alpha value is -1.47. The molecule has 6 nitrogen and oxygen atoms in total. The summed E-state index contributed by atoms with van der Waals surface area (Å²) >= 11 is 0. The van der Waals surface area contributed by atoms with Gasteiger partial charge in [-0.15, -0.1) is 0 Å². The fourth-order valence-corrected chi connectivity index (χ4v) is 4.40. The molecule has 2 aliphatic heterocycles. The third-order valence-corrected chi connectivity index (χ3v) is 6.05. The molecule has 1 N–H and O–H groups in total. The van der Waals surface area contributed by atoms with Gasteiger partial charge in [0.2, 0.25) is 5.91 Å². The number of likely N-dealkylation sites (tertiary alicyclic amines) is 1. The maximum absolute atomic E-state index is 13.2. The number of hydrogen-bond donors (Lipinski definition) is 1. The van der Waals surface area contributed by atoms with Gasteiger partial charge in [0.1, 0.15) is 0 Å². The molecule has 1 amide bonds. The second kappa shape index (κ2) is 11.1. The predicted molar refractivity (Wildman–Crippen MR) is 113 cm³/mol. The lowest BCUT2D eigenvalue weighted by Gasteiger charge is -2.39. The van der Waals surface area contributed by atoms with Crippen molar-refractivity contribution in [2.75, 3.05) is 53.1 Å². The van der Waals surface area contributed by atoms with Gasteiger partial charge in [-0.1, -0.05) is 25.1 Å². The fraction of sp³-hybridized carbons (Fsp3) is 0.696. The van der Waals surface area contributed by atoms with Crippen LogP contribution in [-0.2, 0) is 27.1 Å². The summed E-state index contributed by atoms with van der Waals surface area (Å²) in [5.74, 6) is 0.136. The number of amides is 1. The molecule has 2 aliphatic rings. The summed E-state index contributed by atoms with van der Waals surface area (Å²) in [5.41, 5.74) is 3.85. The summed E-state index contributed by atoms with van der Waals surface area (Å²) in [4.78, 5) is 17.3. The summed E-state index contributed by atoms with van der Waals surface area (Å²) in [7, 11) is 1.70. The van der Waals surface area contributed by atoms with Crippen LogP contribution >= 0.6 is 0 Å². The van der Waals surface area contributed by atoms with Gasteiger partial charge in [0.25, 0.3) is 0 Å². The van der Waals surface area contributed by atoms with Gasteiger partial charge < -0.3 is 19.5 Å². The Labute approximate surface area is 174 Å². The Morgan fingerprint density at radius 3 is 2.90 bits per heavy atom. The number of ether oxygens (including phenoxy) is 2. The first-order valence-electron chi connectivity index (χ1n) is 11.0. The molecular formula is C23H36N2O4. The number of aryl methyl sites for hydroxylation is 1. The minimum Gasteiger partial charge on any atom is -0.392 e. The van der Waals surface area contributed by atoms with Crippen molar-refractivity contribution in [3.63, 3.8) is 0 Å². The number of rotatable bonds is 9. The molecule has 0 aromatic heterocycles. The molecular weight excluding hydrogens is 368 g/mol. The Bertz CT molecular complexity index is 666. The van der Waals surface area contributed by atoms with Crippen molar-refractivity contribution in [2.24, 2.45) is 0 Å². The van der Waals surface area contributed by atoms with Crippen molar-refractivity contribution in [1.29, 1.82) is 0 Å². The first-order valence-corrected chi connectivity index (χ1v) is 11.0. The average Bonchev–Trinajstić information content (AvgIpc) is 2.73. The monoisotopic (exact) mass is 404 g/mol. The van der Waals surface area contributed by atoms with Crippen LogP contribution < -0.4 is 0 Å². The van der Waals surface area contributed by atoms with Gasteiger partial charge in [-0.25, -0.2) is 0 Å². The van der Waals surface area contributed by atoms with Gasteiger partial charge in [-0.05, 0) is 55.3 Å². The van der Waals surface area contributed by atoms with Crippen LogP contribution in [0.5, 0.6) is 0 Å². The van der Waals surface area contributed by atoms with Crippen molar-refractivity contribution < 1.29 is 19.4 Å². The Morgan fingerprint density at radius 2 is 2.14 bits per heavy atom. The van der Waals surface area contributed by atoms with E-state index in [9.17, 15) is 9.90 Å². The van der Waals surface area contributed by atoms with Crippen LogP contribution in [0.15, 0.2) is 18.2 Å². The van der Waals surface area contributed by atoms with Crippen LogP contribution in [0.2, 0.25) is 0 Å². The molecule has 2 atom stereocenters. The van der Waals surface area contributed by atoms with Gasteiger partial charge in [0.15, 0.2) is 0 Å². The fourth-order valence-electron chi connectivity index (χ4n) is 4.40. The van der Waals surface area contributed by atoms with E-state index < -0.39 is 0 Å². The van der Waals surface area contributed by atoms with E-state index in [2.05, 4.69) is 30.0 Å². The van der Waals surface area contributed by atoms with E-state index in [1.165, 1.54) is 16.7 Å². The molecule has 1 aromatic carbocycles.